The number of nitriles is 1. The fourth-order valence-corrected chi connectivity index (χ4v) is 1.39. The summed E-state index contributed by atoms with van der Waals surface area (Å²) in [6.07, 6.45) is -0.190. The van der Waals surface area contributed by atoms with Crippen LogP contribution < -0.4 is 5.32 Å². The van der Waals surface area contributed by atoms with Crippen molar-refractivity contribution in [1.29, 1.82) is 5.26 Å². The van der Waals surface area contributed by atoms with Gasteiger partial charge >= 0.3 is 6.09 Å². The van der Waals surface area contributed by atoms with Crippen molar-refractivity contribution in [3.8, 4) is 6.07 Å². The first-order chi connectivity index (χ1) is 7.67. The summed E-state index contributed by atoms with van der Waals surface area (Å²) in [5.74, 6) is 0. The Balaban J connectivity index is 2.74. The quantitative estimate of drug-likeness (QED) is 0.879. The van der Waals surface area contributed by atoms with Crippen molar-refractivity contribution >= 4 is 17.7 Å². The average Bonchev–Trinajstić information content (AvgIpc) is 2.29. The lowest BCUT2D eigenvalue weighted by Crippen LogP contribution is -2.22. The Labute approximate surface area is 98.8 Å². The Bertz CT molecular complexity index is 426. The van der Waals surface area contributed by atoms with Crippen LogP contribution in [0.5, 0.6) is 0 Å². The largest absolute Gasteiger partial charge is 0.453 e. The second-order valence-corrected chi connectivity index (χ2v) is 3.51. The van der Waals surface area contributed by atoms with Gasteiger partial charge in [-0.25, -0.2) is 4.79 Å². The number of methoxy groups -OCH3 is 1. The molecule has 1 rings (SSSR count). The maximum absolute atomic E-state index is 10.9. The normalized spacial score (nSPS) is 9.31. The molecular formula is C11H11ClN2O2. The molecule has 0 saturated carbocycles. The molecule has 0 bridgehead atoms. The second kappa shape index (κ2) is 5.99. The molecule has 0 heterocycles. The van der Waals surface area contributed by atoms with Crippen molar-refractivity contribution in [1.82, 2.24) is 5.32 Å². The van der Waals surface area contributed by atoms with E-state index in [9.17, 15) is 4.79 Å². The summed E-state index contributed by atoms with van der Waals surface area (Å²) in [5.41, 5.74) is 1.63. The van der Waals surface area contributed by atoms with Gasteiger partial charge in [0.2, 0.25) is 0 Å². The molecule has 4 nitrogen and oxygen atoms in total. The number of rotatable bonds is 3. The maximum atomic E-state index is 10.9. The minimum atomic E-state index is -0.512. The third-order valence-corrected chi connectivity index (χ3v) is 2.37. The second-order valence-electron chi connectivity index (χ2n) is 3.11. The molecule has 1 aromatic rings. The lowest BCUT2D eigenvalue weighted by molar-refractivity contribution is 0.170. The zero-order valence-corrected chi connectivity index (χ0v) is 9.54. The molecule has 84 valence electrons. The van der Waals surface area contributed by atoms with E-state index in [2.05, 4.69) is 16.1 Å². The lowest BCUT2D eigenvalue weighted by atomic mass is 10.1. The van der Waals surface area contributed by atoms with Crippen LogP contribution in [0.2, 0.25) is 5.02 Å². The molecule has 5 heteroatoms. The number of carbonyl (C=O) groups is 1. The van der Waals surface area contributed by atoms with E-state index in [0.29, 0.717) is 11.4 Å². The molecule has 1 amide bonds. The van der Waals surface area contributed by atoms with Crippen LogP contribution in [0.3, 0.4) is 0 Å². The van der Waals surface area contributed by atoms with Gasteiger partial charge in [0.05, 0.1) is 19.6 Å². The molecule has 0 aromatic heterocycles. The van der Waals surface area contributed by atoms with Gasteiger partial charge in [-0.1, -0.05) is 23.7 Å². The van der Waals surface area contributed by atoms with Gasteiger partial charge in [-0.05, 0) is 17.2 Å². The van der Waals surface area contributed by atoms with Crippen LogP contribution in [0.1, 0.15) is 11.1 Å². The molecule has 16 heavy (non-hydrogen) atoms. The van der Waals surface area contributed by atoms with Gasteiger partial charge in [0.25, 0.3) is 0 Å². The summed E-state index contributed by atoms with van der Waals surface area (Å²) in [7, 11) is 1.29. The molecule has 0 radical (unpaired) electrons. The molecule has 0 aliphatic rings. The number of hydrogen-bond donors (Lipinski definition) is 1. The van der Waals surface area contributed by atoms with E-state index in [1.807, 2.05) is 0 Å². The van der Waals surface area contributed by atoms with Gasteiger partial charge in [-0.3, -0.25) is 0 Å². The smallest absolute Gasteiger partial charge is 0.407 e. The minimum Gasteiger partial charge on any atom is -0.453 e. The molecule has 0 spiro atoms. The lowest BCUT2D eigenvalue weighted by Gasteiger charge is -2.07. The number of halogens is 1. The number of benzene rings is 1. The predicted molar refractivity (Wildman–Crippen MR) is 60.0 cm³/mol. The molecule has 0 atom stereocenters. The predicted octanol–water partition coefficient (Wildman–Crippen LogP) is 2.26. The number of ether oxygens (including phenoxy) is 1. The van der Waals surface area contributed by atoms with E-state index in [1.54, 1.807) is 18.2 Å². The summed E-state index contributed by atoms with van der Waals surface area (Å²) in [5, 5.41) is 11.6. The van der Waals surface area contributed by atoms with Gasteiger partial charge in [-0.2, -0.15) is 5.26 Å². The van der Waals surface area contributed by atoms with Crippen molar-refractivity contribution in [3.05, 3.63) is 34.3 Å². The molecule has 1 N–H and O–H groups in total. The molecule has 0 saturated heterocycles. The first-order valence-corrected chi connectivity index (χ1v) is 5.01. The Kier molecular flexibility index (Phi) is 4.62. The van der Waals surface area contributed by atoms with E-state index >= 15 is 0 Å². The van der Waals surface area contributed by atoms with Crippen molar-refractivity contribution in [2.75, 3.05) is 7.11 Å². The third-order valence-electron chi connectivity index (χ3n) is 2.00. The van der Waals surface area contributed by atoms with Crippen LogP contribution in [0, 0.1) is 11.3 Å². The van der Waals surface area contributed by atoms with Crippen molar-refractivity contribution in [2.45, 2.75) is 13.0 Å². The van der Waals surface area contributed by atoms with E-state index in [4.69, 9.17) is 16.9 Å². The van der Waals surface area contributed by atoms with Gasteiger partial charge in [0.15, 0.2) is 0 Å². The van der Waals surface area contributed by atoms with E-state index in [1.165, 1.54) is 7.11 Å². The number of carbonyl (C=O) groups excluding carboxylic acids is 1. The SMILES string of the molecule is COC(=O)NCc1cc(CC#N)ccc1Cl. The Hall–Kier alpha value is -1.73. The molecular weight excluding hydrogens is 228 g/mol. The Morgan fingerprint density at radius 3 is 3.00 bits per heavy atom. The third kappa shape index (κ3) is 3.44. The van der Waals surface area contributed by atoms with Crippen LogP contribution in [0.25, 0.3) is 0 Å². The highest BCUT2D eigenvalue weighted by atomic mass is 35.5. The van der Waals surface area contributed by atoms with Gasteiger partial charge in [-0.15, -0.1) is 0 Å². The number of nitrogens with one attached hydrogen (secondary N) is 1. The molecule has 1 aromatic carbocycles. The molecule has 0 unspecified atom stereocenters. The van der Waals surface area contributed by atoms with E-state index in [0.717, 1.165) is 11.1 Å². The number of alkyl carbamates (subject to hydrolysis) is 1. The summed E-state index contributed by atoms with van der Waals surface area (Å²) in [6, 6.07) is 7.34. The summed E-state index contributed by atoms with van der Waals surface area (Å²) in [4.78, 5) is 10.9. The van der Waals surface area contributed by atoms with E-state index in [-0.39, 0.29) is 6.54 Å². The number of hydrogen-bond acceptors (Lipinski definition) is 3. The summed E-state index contributed by atoms with van der Waals surface area (Å²) < 4.78 is 4.44. The molecule has 0 aliphatic carbocycles. The number of amides is 1. The first kappa shape index (κ1) is 12.3. The Morgan fingerprint density at radius 2 is 2.38 bits per heavy atom. The maximum Gasteiger partial charge on any atom is 0.407 e. The van der Waals surface area contributed by atoms with Crippen LogP contribution in [-0.4, -0.2) is 13.2 Å². The highest BCUT2D eigenvalue weighted by molar-refractivity contribution is 6.31. The van der Waals surface area contributed by atoms with Crippen molar-refractivity contribution in [2.24, 2.45) is 0 Å². The Morgan fingerprint density at radius 1 is 1.62 bits per heavy atom. The van der Waals surface area contributed by atoms with Gasteiger partial charge in [0.1, 0.15) is 0 Å². The van der Waals surface area contributed by atoms with Crippen LogP contribution >= 0.6 is 11.6 Å². The fraction of sp³-hybridized carbons (Fsp3) is 0.273. The topological polar surface area (TPSA) is 62.1 Å². The van der Waals surface area contributed by atoms with Crippen LogP contribution in [0.15, 0.2) is 18.2 Å². The zero-order valence-electron chi connectivity index (χ0n) is 8.79. The first-order valence-electron chi connectivity index (χ1n) is 4.63. The van der Waals surface area contributed by atoms with Gasteiger partial charge in [0, 0.05) is 11.6 Å². The standard InChI is InChI=1S/C11H11ClN2O2/c1-16-11(15)14-7-9-6-8(4-5-13)2-3-10(9)12/h2-3,6H,4,7H2,1H3,(H,14,15). The van der Waals surface area contributed by atoms with E-state index < -0.39 is 6.09 Å². The average molecular weight is 239 g/mol. The van der Waals surface area contributed by atoms with Crippen LogP contribution in [0.4, 0.5) is 4.79 Å². The van der Waals surface area contributed by atoms with Crippen LogP contribution in [-0.2, 0) is 17.7 Å². The summed E-state index contributed by atoms with van der Waals surface area (Å²) >= 11 is 5.95. The minimum absolute atomic E-state index is 0.283. The molecule has 0 fully saturated rings. The summed E-state index contributed by atoms with van der Waals surface area (Å²) in [6.45, 7) is 0.283. The van der Waals surface area contributed by atoms with Gasteiger partial charge < -0.3 is 10.1 Å². The fourth-order valence-electron chi connectivity index (χ4n) is 1.20. The van der Waals surface area contributed by atoms with Crippen molar-refractivity contribution < 1.29 is 9.53 Å². The monoisotopic (exact) mass is 238 g/mol. The molecule has 0 aliphatic heterocycles. The zero-order chi connectivity index (χ0) is 12.0. The van der Waals surface area contributed by atoms with Crippen molar-refractivity contribution in [3.63, 3.8) is 0 Å². The highest BCUT2D eigenvalue weighted by Gasteiger charge is 2.04. The highest BCUT2D eigenvalue weighted by Crippen LogP contribution is 2.17. The number of nitrogens with zero attached hydrogens (tertiary/aromatic N) is 1.